The lowest BCUT2D eigenvalue weighted by Gasteiger charge is -2.15. The summed E-state index contributed by atoms with van der Waals surface area (Å²) in [5.74, 6) is 0. The number of hydrogen-bond donors (Lipinski definition) is 4. The first-order valence-electron chi connectivity index (χ1n) is 18.5. The van der Waals surface area contributed by atoms with Crippen LogP contribution in [0.25, 0.3) is 0 Å². The highest BCUT2D eigenvalue weighted by Crippen LogP contribution is 2.01. The number of aliphatic hydroxyl groups excluding tert-OH is 4. The van der Waals surface area contributed by atoms with E-state index in [0.717, 1.165) is 51.7 Å². The summed E-state index contributed by atoms with van der Waals surface area (Å²) in [5.41, 5.74) is 0. The summed E-state index contributed by atoms with van der Waals surface area (Å²) < 4.78 is 40.7. The lowest BCUT2D eigenvalue weighted by atomic mass is 10.2. The van der Waals surface area contributed by atoms with Crippen molar-refractivity contribution >= 4 is 0 Å². The molecule has 0 fully saturated rings. The summed E-state index contributed by atoms with van der Waals surface area (Å²) in [5, 5.41) is 35.0. The van der Waals surface area contributed by atoms with Gasteiger partial charge < -0.3 is 58.3 Å². The first-order valence-corrected chi connectivity index (χ1v) is 18.5. The predicted molar refractivity (Wildman–Crippen MR) is 191 cm³/mol. The third-order valence-corrected chi connectivity index (χ3v) is 5.94. The van der Waals surface area contributed by atoms with E-state index in [1.165, 1.54) is 38.5 Å². The van der Waals surface area contributed by atoms with Crippen LogP contribution in [0, 0.1) is 0 Å². The van der Waals surface area contributed by atoms with Crippen LogP contribution in [0.5, 0.6) is 0 Å². The smallest absolute Gasteiger partial charge is 0.157 e. The summed E-state index contributed by atoms with van der Waals surface area (Å²) in [6.45, 7) is 23.6. The first-order chi connectivity index (χ1) is 22.9. The van der Waals surface area contributed by atoms with E-state index >= 15 is 0 Å². The van der Waals surface area contributed by atoms with Gasteiger partial charge in [-0.1, -0.05) is 79.1 Å². The van der Waals surface area contributed by atoms with Crippen LogP contribution < -0.4 is 0 Å². The Labute approximate surface area is 295 Å². The molecule has 0 aliphatic rings. The van der Waals surface area contributed by atoms with Gasteiger partial charge in [0.25, 0.3) is 0 Å². The molecule has 0 amide bonds. The zero-order valence-corrected chi connectivity index (χ0v) is 32.7. The van der Waals surface area contributed by atoms with Crippen LogP contribution in [0.15, 0.2) is 0 Å². The monoisotopic (exact) mass is 705 g/mol. The van der Waals surface area contributed by atoms with Gasteiger partial charge in [-0.3, -0.25) is 0 Å². The second kappa shape index (κ2) is 46.5. The molecule has 0 radical (unpaired) electrons. The second-order valence-corrected chi connectivity index (χ2v) is 11.3. The number of unbranched alkanes of at least 4 members (excludes halogenated alkanes) is 8. The lowest BCUT2D eigenvalue weighted by Crippen LogP contribution is -2.19. The Balaban J connectivity index is -0.000000270. The van der Waals surface area contributed by atoms with Crippen molar-refractivity contribution in [3.63, 3.8) is 0 Å². The van der Waals surface area contributed by atoms with Gasteiger partial charge in [0.15, 0.2) is 37.7 Å². The van der Waals surface area contributed by atoms with E-state index in [2.05, 4.69) is 27.7 Å². The van der Waals surface area contributed by atoms with Crippen molar-refractivity contribution < 1.29 is 58.3 Å². The van der Waals surface area contributed by atoms with Gasteiger partial charge in [0.2, 0.25) is 0 Å². The largest absolute Gasteiger partial charge is 0.379 e. The van der Waals surface area contributed by atoms with Crippen LogP contribution >= 0.6 is 0 Å². The molecule has 0 saturated carbocycles. The van der Waals surface area contributed by atoms with Gasteiger partial charge in [-0.2, -0.15) is 0 Å². The van der Waals surface area contributed by atoms with Crippen molar-refractivity contribution in [2.24, 2.45) is 0 Å². The lowest BCUT2D eigenvalue weighted by molar-refractivity contribution is -0.213. The SMILES string of the molecule is CCCCCCOCCOC(C)O.CCCCCCOCCOC(C)O.CCCCOC(C)OC(C)O.CCCCOC(C)OC(C)O. The van der Waals surface area contributed by atoms with Crippen LogP contribution in [0.2, 0.25) is 0 Å². The van der Waals surface area contributed by atoms with E-state index in [0.29, 0.717) is 39.6 Å². The highest BCUT2D eigenvalue weighted by Gasteiger charge is 2.05. The van der Waals surface area contributed by atoms with Crippen LogP contribution in [-0.2, 0) is 37.9 Å². The number of aliphatic hydroxyl groups is 4. The molecule has 0 aliphatic carbocycles. The van der Waals surface area contributed by atoms with Crippen LogP contribution in [0.4, 0.5) is 0 Å². The Morgan fingerprint density at radius 1 is 0.333 bits per heavy atom. The van der Waals surface area contributed by atoms with Crippen LogP contribution in [-0.4, -0.2) is 111 Å². The molecular formula is C36H80O12. The van der Waals surface area contributed by atoms with Crippen molar-refractivity contribution in [3.8, 4) is 0 Å². The molecule has 296 valence electrons. The van der Waals surface area contributed by atoms with E-state index in [-0.39, 0.29) is 12.6 Å². The van der Waals surface area contributed by atoms with E-state index in [4.69, 9.17) is 58.3 Å². The predicted octanol–water partition coefficient (Wildman–Crippen LogP) is 6.88. The molecule has 0 spiro atoms. The van der Waals surface area contributed by atoms with E-state index < -0.39 is 25.2 Å². The van der Waals surface area contributed by atoms with Gasteiger partial charge in [0.1, 0.15) is 0 Å². The maximum absolute atomic E-state index is 8.78. The summed E-state index contributed by atoms with van der Waals surface area (Å²) in [7, 11) is 0. The minimum atomic E-state index is -0.744. The minimum absolute atomic E-state index is 0.304. The van der Waals surface area contributed by atoms with Gasteiger partial charge in [0.05, 0.1) is 26.4 Å². The average molecular weight is 705 g/mol. The molecule has 0 bridgehead atoms. The fraction of sp³-hybridized carbons (Fsp3) is 1.00. The molecule has 6 unspecified atom stereocenters. The Morgan fingerprint density at radius 3 is 0.938 bits per heavy atom. The Morgan fingerprint density at radius 2 is 0.667 bits per heavy atom. The molecule has 4 N–H and O–H groups in total. The maximum atomic E-state index is 8.78. The molecular weight excluding hydrogens is 624 g/mol. The molecule has 0 aromatic heterocycles. The molecule has 12 nitrogen and oxygen atoms in total. The Hall–Kier alpha value is -0.480. The van der Waals surface area contributed by atoms with Gasteiger partial charge >= 0.3 is 0 Å². The molecule has 0 aromatic rings. The van der Waals surface area contributed by atoms with E-state index in [9.17, 15) is 0 Å². The summed E-state index contributed by atoms with van der Waals surface area (Å²) >= 11 is 0. The maximum Gasteiger partial charge on any atom is 0.157 e. The topological polar surface area (TPSA) is 155 Å². The van der Waals surface area contributed by atoms with Gasteiger partial charge in [-0.15, -0.1) is 0 Å². The molecule has 0 rings (SSSR count). The number of ether oxygens (including phenoxy) is 8. The van der Waals surface area contributed by atoms with Crippen molar-refractivity contribution in [2.75, 3.05) is 52.9 Å². The fourth-order valence-corrected chi connectivity index (χ4v) is 3.44. The Bertz CT molecular complexity index is 493. The normalized spacial score (nSPS) is 14.6. The first kappa shape index (κ1) is 54.3. The van der Waals surface area contributed by atoms with Crippen LogP contribution in [0.3, 0.4) is 0 Å². The van der Waals surface area contributed by atoms with E-state index in [1.807, 2.05) is 0 Å². The fourth-order valence-electron chi connectivity index (χ4n) is 3.44. The van der Waals surface area contributed by atoms with Gasteiger partial charge in [0, 0.05) is 26.4 Å². The van der Waals surface area contributed by atoms with Gasteiger partial charge in [-0.05, 0) is 67.2 Å². The minimum Gasteiger partial charge on any atom is -0.379 e. The van der Waals surface area contributed by atoms with Crippen molar-refractivity contribution in [1.29, 1.82) is 0 Å². The zero-order valence-electron chi connectivity index (χ0n) is 32.7. The number of rotatable bonds is 30. The Kier molecular flexibility index (Phi) is 52.6. The van der Waals surface area contributed by atoms with Crippen molar-refractivity contribution in [2.45, 2.75) is 184 Å². The highest BCUT2D eigenvalue weighted by atomic mass is 16.7. The molecule has 6 atom stereocenters. The average Bonchev–Trinajstić information content (AvgIpc) is 3.00. The zero-order chi connectivity index (χ0) is 37.3. The van der Waals surface area contributed by atoms with E-state index in [1.54, 1.807) is 41.5 Å². The standard InChI is InChI=1S/2C10H22O3.2C8H18O3/c2*1-3-4-5-6-7-12-8-9-13-10(2)11;2*1-4-5-6-10-8(3)11-7(2)9/h2*10-11H,3-9H2,1-2H3;2*7-9H,4-6H2,1-3H3. The molecule has 0 saturated heterocycles. The quantitative estimate of drug-likeness (QED) is 0.0455. The molecule has 0 heterocycles. The highest BCUT2D eigenvalue weighted by molar-refractivity contribution is 4.41. The molecule has 12 heteroatoms. The van der Waals surface area contributed by atoms with Crippen LogP contribution in [0.1, 0.15) is 146 Å². The molecule has 0 aliphatic heterocycles. The van der Waals surface area contributed by atoms with Crippen molar-refractivity contribution in [3.05, 3.63) is 0 Å². The molecule has 48 heavy (non-hydrogen) atoms. The summed E-state index contributed by atoms with van der Waals surface area (Å²) in [6.07, 6.45) is 10.7. The second-order valence-electron chi connectivity index (χ2n) is 11.3. The third kappa shape index (κ3) is 64.1. The summed E-state index contributed by atoms with van der Waals surface area (Å²) in [4.78, 5) is 0. The van der Waals surface area contributed by atoms with Gasteiger partial charge in [-0.25, -0.2) is 0 Å². The third-order valence-electron chi connectivity index (χ3n) is 5.94. The van der Waals surface area contributed by atoms with Crippen molar-refractivity contribution in [1.82, 2.24) is 0 Å². The molecule has 0 aromatic carbocycles. The summed E-state index contributed by atoms with van der Waals surface area (Å²) in [6, 6.07) is 0. The number of hydrogen-bond acceptors (Lipinski definition) is 12.